The molecule has 4 nitrogen and oxygen atoms in total. The number of amides is 1. The van der Waals surface area contributed by atoms with Crippen molar-refractivity contribution in [3.05, 3.63) is 59.3 Å². The van der Waals surface area contributed by atoms with Gasteiger partial charge < -0.3 is 5.11 Å². The van der Waals surface area contributed by atoms with Crippen molar-refractivity contribution >= 4 is 46.0 Å². The van der Waals surface area contributed by atoms with Crippen molar-refractivity contribution < 1.29 is 9.90 Å². The van der Waals surface area contributed by atoms with Crippen molar-refractivity contribution in [3.8, 4) is 5.75 Å². The maximum atomic E-state index is 12.5. The first-order valence-corrected chi connectivity index (χ1v) is 7.34. The monoisotopic (exact) mass is 314 g/mol. The third-order valence-electron chi connectivity index (χ3n) is 2.88. The van der Waals surface area contributed by atoms with Gasteiger partial charge in [-0.1, -0.05) is 30.0 Å². The molecule has 6 heteroatoms. The fraction of sp³-hybridized carbons (Fsp3) is 0. The molecule has 1 amide bonds. The number of hydrogen-bond acceptors (Lipinski definition) is 5. The highest BCUT2D eigenvalue weighted by atomic mass is 32.2. The van der Waals surface area contributed by atoms with Crippen LogP contribution in [-0.2, 0) is 4.79 Å². The van der Waals surface area contributed by atoms with Gasteiger partial charge in [0.25, 0.3) is 5.91 Å². The first kappa shape index (κ1) is 13.8. The van der Waals surface area contributed by atoms with Gasteiger partial charge in [0.15, 0.2) is 4.32 Å². The van der Waals surface area contributed by atoms with Gasteiger partial charge in [-0.05, 0) is 42.0 Å². The molecule has 0 unspecified atom stereocenters. The van der Waals surface area contributed by atoms with Gasteiger partial charge in [0.1, 0.15) is 5.75 Å². The van der Waals surface area contributed by atoms with Crippen LogP contribution < -0.4 is 4.90 Å². The molecule has 2 heterocycles. The Morgan fingerprint density at radius 3 is 2.67 bits per heavy atom. The molecule has 0 radical (unpaired) electrons. The van der Waals surface area contributed by atoms with Crippen LogP contribution in [0.2, 0.25) is 0 Å². The standard InChI is InChI=1S/C15H10N2O2S2/c18-12-5-3-11(4-6-12)17-14(19)13(21-15(17)20)8-10-2-1-7-16-9-10/h1-9,18H. The van der Waals surface area contributed by atoms with Crippen molar-refractivity contribution in [3.63, 3.8) is 0 Å². The molecule has 1 saturated heterocycles. The lowest BCUT2D eigenvalue weighted by Crippen LogP contribution is -2.27. The molecule has 1 aliphatic heterocycles. The van der Waals surface area contributed by atoms with Gasteiger partial charge in [-0.25, -0.2) is 0 Å². The highest BCUT2D eigenvalue weighted by Crippen LogP contribution is 2.36. The number of pyridine rings is 1. The number of thioether (sulfide) groups is 1. The van der Waals surface area contributed by atoms with Crippen LogP contribution >= 0.6 is 24.0 Å². The zero-order valence-corrected chi connectivity index (χ0v) is 12.4. The Kier molecular flexibility index (Phi) is 3.72. The van der Waals surface area contributed by atoms with Gasteiger partial charge in [0, 0.05) is 12.4 Å². The van der Waals surface area contributed by atoms with Crippen LogP contribution in [0, 0.1) is 0 Å². The van der Waals surface area contributed by atoms with Gasteiger partial charge in [-0.15, -0.1) is 0 Å². The van der Waals surface area contributed by atoms with Crippen LogP contribution in [0.15, 0.2) is 53.7 Å². The van der Waals surface area contributed by atoms with E-state index in [-0.39, 0.29) is 11.7 Å². The molecule has 1 aliphatic rings. The van der Waals surface area contributed by atoms with Crippen molar-refractivity contribution in [1.29, 1.82) is 0 Å². The number of carbonyl (C=O) groups is 1. The Labute approximate surface area is 131 Å². The fourth-order valence-corrected chi connectivity index (χ4v) is 3.20. The smallest absolute Gasteiger partial charge is 0.270 e. The van der Waals surface area contributed by atoms with E-state index in [1.54, 1.807) is 30.6 Å². The number of carbonyl (C=O) groups excluding carboxylic acids is 1. The second kappa shape index (κ2) is 5.67. The molecule has 0 atom stereocenters. The molecule has 1 aromatic carbocycles. The van der Waals surface area contributed by atoms with E-state index < -0.39 is 0 Å². The quantitative estimate of drug-likeness (QED) is 0.681. The van der Waals surface area contributed by atoms with Gasteiger partial charge in [-0.2, -0.15) is 0 Å². The van der Waals surface area contributed by atoms with E-state index in [1.807, 2.05) is 12.1 Å². The molecule has 0 spiro atoms. The Bertz CT molecular complexity index is 727. The largest absolute Gasteiger partial charge is 0.508 e. The predicted octanol–water partition coefficient (Wildman–Crippen LogP) is 3.19. The molecule has 0 saturated carbocycles. The predicted molar refractivity (Wildman–Crippen MR) is 88.0 cm³/mol. The molecule has 1 fully saturated rings. The van der Waals surface area contributed by atoms with Crippen molar-refractivity contribution in [2.24, 2.45) is 0 Å². The lowest BCUT2D eigenvalue weighted by atomic mass is 10.2. The third kappa shape index (κ3) is 2.81. The van der Waals surface area contributed by atoms with E-state index in [0.29, 0.717) is 14.9 Å². The summed E-state index contributed by atoms with van der Waals surface area (Å²) < 4.78 is 0.473. The highest BCUT2D eigenvalue weighted by molar-refractivity contribution is 8.27. The van der Waals surface area contributed by atoms with Gasteiger partial charge in [-0.3, -0.25) is 14.7 Å². The van der Waals surface area contributed by atoms with Crippen molar-refractivity contribution in [2.75, 3.05) is 4.90 Å². The van der Waals surface area contributed by atoms with Crippen molar-refractivity contribution in [1.82, 2.24) is 4.98 Å². The molecule has 104 valence electrons. The lowest BCUT2D eigenvalue weighted by molar-refractivity contribution is -0.113. The number of phenolic OH excluding ortho intramolecular Hbond substituents is 1. The number of aromatic hydroxyl groups is 1. The van der Waals surface area contributed by atoms with Crippen LogP contribution in [0.5, 0.6) is 5.75 Å². The second-order valence-corrected chi connectivity index (χ2v) is 6.00. The maximum Gasteiger partial charge on any atom is 0.270 e. The first-order valence-electron chi connectivity index (χ1n) is 6.12. The molecular weight excluding hydrogens is 304 g/mol. The number of hydrogen-bond donors (Lipinski definition) is 1. The molecule has 21 heavy (non-hydrogen) atoms. The number of anilines is 1. The van der Waals surface area contributed by atoms with Gasteiger partial charge >= 0.3 is 0 Å². The highest BCUT2D eigenvalue weighted by Gasteiger charge is 2.33. The molecular formula is C15H10N2O2S2. The summed E-state index contributed by atoms with van der Waals surface area (Å²) in [5.41, 5.74) is 1.49. The summed E-state index contributed by atoms with van der Waals surface area (Å²) in [5.74, 6) is -0.0189. The Morgan fingerprint density at radius 2 is 2.00 bits per heavy atom. The Hall–Kier alpha value is -2.18. The summed E-state index contributed by atoms with van der Waals surface area (Å²) in [6.07, 6.45) is 5.14. The van der Waals surface area contributed by atoms with E-state index in [9.17, 15) is 9.90 Å². The van der Waals surface area contributed by atoms with E-state index >= 15 is 0 Å². The second-order valence-electron chi connectivity index (χ2n) is 4.32. The molecule has 3 rings (SSSR count). The van der Waals surface area contributed by atoms with Crippen LogP contribution in [0.4, 0.5) is 5.69 Å². The van der Waals surface area contributed by atoms with Crippen LogP contribution in [0.1, 0.15) is 5.56 Å². The lowest BCUT2D eigenvalue weighted by Gasteiger charge is -2.14. The normalized spacial score (nSPS) is 16.8. The summed E-state index contributed by atoms with van der Waals surface area (Å²) in [7, 11) is 0. The average Bonchev–Trinajstić information content (AvgIpc) is 2.76. The maximum absolute atomic E-state index is 12.5. The van der Waals surface area contributed by atoms with E-state index in [0.717, 1.165) is 5.56 Å². The zero-order chi connectivity index (χ0) is 14.8. The minimum Gasteiger partial charge on any atom is -0.508 e. The van der Waals surface area contributed by atoms with Crippen LogP contribution in [-0.4, -0.2) is 20.3 Å². The summed E-state index contributed by atoms with van der Waals surface area (Å²) in [6.45, 7) is 0. The topological polar surface area (TPSA) is 53.4 Å². The van der Waals surface area contributed by atoms with Gasteiger partial charge in [0.05, 0.1) is 10.6 Å². The van der Waals surface area contributed by atoms with E-state index in [2.05, 4.69) is 4.98 Å². The number of phenols is 1. The van der Waals surface area contributed by atoms with Crippen LogP contribution in [0.3, 0.4) is 0 Å². The minimum absolute atomic E-state index is 0.148. The number of benzene rings is 1. The number of nitrogens with zero attached hydrogens (tertiary/aromatic N) is 2. The molecule has 1 aromatic heterocycles. The number of aromatic nitrogens is 1. The number of thiocarbonyl (C=S) groups is 1. The fourth-order valence-electron chi connectivity index (χ4n) is 1.90. The zero-order valence-electron chi connectivity index (χ0n) is 10.8. The first-order chi connectivity index (χ1) is 10.1. The van der Waals surface area contributed by atoms with Gasteiger partial charge in [0.2, 0.25) is 0 Å². The molecule has 2 aromatic rings. The summed E-state index contributed by atoms with van der Waals surface area (Å²) >= 11 is 6.53. The summed E-state index contributed by atoms with van der Waals surface area (Å²) in [6, 6.07) is 10.1. The summed E-state index contributed by atoms with van der Waals surface area (Å²) in [5, 5.41) is 9.32. The SMILES string of the molecule is O=C1C(=Cc2cccnc2)SC(=S)N1c1ccc(O)cc1. The average molecular weight is 314 g/mol. The number of rotatable bonds is 2. The minimum atomic E-state index is -0.167. The van der Waals surface area contributed by atoms with Crippen LogP contribution in [0.25, 0.3) is 6.08 Å². The van der Waals surface area contributed by atoms with E-state index in [1.165, 1.54) is 28.8 Å². The third-order valence-corrected chi connectivity index (χ3v) is 4.19. The van der Waals surface area contributed by atoms with Crippen molar-refractivity contribution in [2.45, 2.75) is 0 Å². The Balaban J connectivity index is 1.92. The molecule has 1 N–H and O–H groups in total. The molecule has 0 bridgehead atoms. The Morgan fingerprint density at radius 1 is 1.24 bits per heavy atom. The molecule has 0 aliphatic carbocycles. The van der Waals surface area contributed by atoms with E-state index in [4.69, 9.17) is 12.2 Å². The summed E-state index contributed by atoms with van der Waals surface area (Å²) in [4.78, 5) is 18.5.